The first-order valence-corrected chi connectivity index (χ1v) is 5.95. The van der Waals surface area contributed by atoms with Crippen molar-refractivity contribution in [2.75, 3.05) is 12.1 Å². The third-order valence-corrected chi connectivity index (χ3v) is 2.90. The molecule has 0 saturated carbocycles. The van der Waals surface area contributed by atoms with Crippen molar-refractivity contribution in [2.24, 2.45) is 7.05 Å². The highest BCUT2D eigenvalue weighted by molar-refractivity contribution is 5.93. The van der Waals surface area contributed by atoms with Gasteiger partial charge in [0.05, 0.1) is 5.69 Å². The number of carbonyl (C=O) groups is 1. The van der Waals surface area contributed by atoms with Crippen molar-refractivity contribution in [3.8, 4) is 0 Å². The number of amides is 1. The lowest BCUT2D eigenvalue weighted by Gasteiger charge is -2.20. The van der Waals surface area contributed by atoms with Crippen LogP contribution in [0.2, 0.25) is 0 Å². The molecule has 1 aromatic carbocycles. The molecule has 5 nitrogen and oxygen atoms in total. The maximum atomic E-state index is 12.8. The number of nitrogens with one attached hydrogen (secondary N) is 1. The Labute approximate surface area is 115 Å². The number of hydrazine groups is 1. The summed E-state index contributed by atoms with van der Waals surface area (Å²) in [6.07, 6.45) is 0. The molecule has 1 heterocycles. The first kappa shape index (κ1) is 13.8. The molecule has 0 unspecified atom stereocenters. The van der Waals surface area contributed by atoms with E-state index in [9.17, 15) is 14.0 Å². The van der Waals surface area contributed by atoms with E-state index in [-0.39, 0.29) is 17.1 Å². The zero-order valence-electron chi connectivity index (χ0n) is 11.1. The fourth-order valence-corrected chi connectivity index (χ4v) is 1.73. The lowest BCUT2D eigenvalue weighted by Crippen LogP contribution is -2.41. The number of carbonyl (C=O) groups excluding carboxylic acids is 1. The van der Waals surface area contributed by atoms with Gasteiger partial charge in [0.15, 0.2) is 0 Å². The summed E-state index contributed by atoms with van der Waals surface area (Å²) in [5.41, 5.74) is 3.22. The Hall–Kier alpha value is -2.63. The maximum Gasteiger partial charge on any atom is 0.286 e. The largest absolute Gasteiger partial charge is 0.307 e. The summed E-state index contributed by atoms with van der Waals surface area (Å²) >= 11 is 0. The molecule has 2 rings (SSSR count). The number of rotatable bonds is 3. The number of nitrogens with zero attached hydrogens (tertiary/aromatic N) is 2. The first-order chi connectivity index (χ1) is 9.49. The summed E-state index contributed by atoms with van der Waals surface area (Å²) in [6.45, 7) is 0. The summed E-state index contributed by atoms with van der Waals surface area (Å²) < 4.78 is 14.1. The Kier molecular flexibility index (Phi) is 3.84. The fourth-order valence-electron chi connectivity index (χ4n) is 1.73. The van der Waals surface area contributed by atoms with Gasteiger partial charge in [-0.05, 0) is 30.3 Å². The van der Waals surface area contributed by atoms with Crippen LogP contribution in [0.25, 0.3) is 0 Å². The number of benzene rings is 1. The fraction of sp³-hybridized carbons (Fsp3) is 0.143. The topological polar surface area (TPSA) is 54.3 Å². The van der Waals surface area contributed by atoms with E-state index >= 15 is 0 Å². The Bertz CT molecular complexity index is 680. The van der Waals surface area contributed by atoms with Crippen molar-refractivity contribution < 1.29 is 9.18 Å². The van der Waals surface area contributed by atoms with Crippen LogP contribution in [-0.4, -0.2) is 17.5 Å². The van der Waals surface area contributed by atoms with Gasteiger partial charge >= 0.3 is 0 Å². The molecule has 6 heteroatoms. The average Bonchev–Trinajstić information content (AvgIpc) is 2.42. The molecule has 0 aliphatic carbocycles. The second kappa shape index (κ2) is 5.56. The van der Waals surface area contributed by atoms with E-state index in [1.807, 2.05) is 0 Å². The minimum absolute atomic E-state index is 0.242. The molecule has 2 aromatic rings. The lowest BCUT2D eigenvalue weighted by atomic mass is 10.3. The zero-order chi connectivity index (χ0) is 14.7. The van der Waals surface area contributed by atoms with Crippen LogP contribution in [0.15, 0.2) is 47.3 Å². The van der Waals surface area contributed by atoms with E-state index in [2.05, 4.69) is 5.43 Å². The monoisotopic (exact) mass is 275 g/mol. The molecule has 1 aromatic heterocycles. The van der Waals surface area contributed by atoms with Crippen LogP contribution in [0.1, 0.15) is 10.5 Å². The van der Waals surface area contributed by atoms with Gasteiger partial charge in [0.25, 0.3) is 11.5 Å². The van der Waals surface area contributed by atoms with Crippen LogP contribution in [0.4, 0.5) is 10.1 Å². The van der Waals surface area contributed by atoms with Gasteiger partial charge in [-0.2, -0.15) is 0 Å². The highest BCUT2D eigenvalue weighted by atomic mass is 19.1. The van der Waals surface area contributed by atoms with Gasteiger partial charge < -0.3 is 4.57 Å². The second-order valence-electron chi connectivity index (χ2n) is 4.28. The minimum atomic E-state index is -0.419. The molecule has 0 saturated heterocycles. The van der Waals surface area contributed by atoms with Crippen LogP contribution >= 0.6 is 0 Å². The SMILES string of the molecule is CN(NC(=O)c1cccc(=O)n1C)c1ccc(F)cc1. The molecule has 104 valence electrons. The molecule has 1 amide bonds. The predicted molar refractivity (Wildman–Crippen MR) is 74.0 cm³/mol. The van der Waals surface area contributed by atoms with Crippen LogP contribution in [-0.2, 0) is 7.05 Å². The van der Waals surface area contributed by atoms with Crippen molar-refractivity contribution in [1.29, 1.82) is 0 Å². The van der Waals surface area contributed by atoms with Gasteiger partial charge in [-0.3, -0.25) is 20.0 Å². The highest BCUT2D eigenvalue weighted by Crippen LogP contribution is 2.11. The summed E-state index contributed by atoms with van der Waals surface area (Å²) in [4.78, 5) is 23.5. The molecule has 20 heavy (non-hydrogen) atoms. The summed E-state index contributed by atoms with van der Waals surface area (Å²) in [5.74, 6) is -0.768. The number of pyridine rings is 1. The number of hydrogen-bond donors (Lipinski definition) is 1. The number of halogens is 1. The molecular formula is C14H14FN3O2. The number of hydrogen-bond acceptors (Lipinski definition) is 3. The quantitative estimate of drug-likeness (QED) is 0.859. The second-order valence-corrected chi connectivity index (χ2v) is 4.28. The molecule has 0 bridgehead atoms. The minimum Gasteiger partial charge on any atom is -0.307 e. The zero-order valence-corrected chi connectivity index (χ0v) is 11.1. The molecule has 0 radical (unpaired) electrons. The predicted octanol–water partition coefficient (Wildman–Crippen LogP) is 1.31. The Balaban J connectivity index is 2.17. The van der Waals surface area contributed by atoms with Crippen molar-refractivity contribution in [3.63, 3.8) is 0 Å². The Morgan fingerprint density at radius 3 is 2.50 bits per heavy atom. The normalized spacial score (nSPS) is 10.2. The Morgan fingerprint density at radius 2 is 1.85 bits per heavy atom. The smallest absolute Gasteiger partial charge is 0.286 e. The van der Waals surface area contributed by atoms with Gasteiger partial charge in [0.2, 0.25) is 0 Å². The summed E-state index contributed by atoms with van der Waals surface area (Å²) in [5, 5.41) is 1.46. The van der Waals surface area contributed by atoms with Gasteiger partial charge in [-0.1, -0.05) is 6.07 Å². The summed E-state index contributed by atoms with van der Waals surface area (Å²) in [6, 6.07) is 10.1. The van der Waals surface area contributed by atoms with Crippen molar-refractivity contribution in [1.82, 2.24) is 9.99 Å². The molecule has 0 fully saturated rings. The van der Waals surface area contributed by atoms with E-state index in [0.717, 1.165) is 0 Å². The maximum absolute atomic E-state index is 12.8. The van der Waals surface area contributed by atoms with Crippen LogP contribution in [0.5, 0.6) is 0 Å². The Morgan fingerprint density at radius 1 is 1.20 bits per heavy atom. The van der Waals surface area contributed by atoms with E-state index in [1.54, 1.807) is 25.2 Å². The molecule has 1 N–H and O–H groups in total. The summed E-state index contributed by atoms with van der Waals surface area (Å²) in [7, 11) is 3.15. The number of aromatic nitrogens is 1. The van der Waals surface area contributed by atoms with Crippen molar-refractivity contribution >= 4 is 11.6 Å². The lowest BCUT2D eigenvalue weighted by molar-refractivity contribution is 0.0942. The van der Waals surface area contributed by atoms with Gasteiger partial charge in [0.1, 0.15) is 11.5 Å². The molecule has 0 aliphatic rings. The van der Waals surface area contributed by atoms with Crippen LogP contribution in [0, 0.1) is 5.82 Å². The van der Waals surface area contributed by atoms with E-state index in [0.29, 0.717) is 5.69 Å². The van der Waals surface area contributed by atoms with E-state index in [1.165, 1.54) is 40.9 Å². The van der Waals surface area contributed by atoms with E-state index < -0.39 is 5.91 Å². The third-order valence-electron chi connectivity index (χ3n) is 2.90. The molecule has 0 atom stereocenters. The van der Waals surface area contributed by atoms with Crippen molar-refractivity contribution in [3.05, 3.63) is 64.3 Å². The van der Waals surface area contributed by atoms with Gasteiger partial charge in [-0.15, -0.1) is 0 Å². The third kappa shape index (κ3) is 2.85. The van der Waals surface area contributed by atoms with Gasteiger partial charge in [0, 0.05) is 20.2 Å². The standard InChI is InChI=1S/C14H14FN3O2/c1-17-12(4-3-5-13(17)19)14(20)16-18(2)11-8-6-10(15)7-9-11/h3-9H,1-2H3,(H,16,20). The van der Waals surface area contributed by atoms with E-state index in [4.69, 9.17) is 0 Å². The van der Waals surface area contributed by atoms with Crippen LogP contribution in [0.3, 0.4) is 0 Å². The van der Waals surface area contributed by atoms with Gasteiger partial charge in [-0.25, -0.2) is 4.39 Å². The molecule has 0 aliphatic heterocycles. The highest BCUT2D eigenvalue weighted by Gasteiger charge is 2.12. The molecule has 0 spiro atoms. The molecular weight excluding hydrogens is 261 g/mol. The first-order valence-electron chi connectivity index (χ1n) is 5.95. The van der Waals surface area contributed by atoms with Crippen molar-refractivity contribution in [2.45, 2.75) is 0 Å². The number of anilines is 1. The average molecular weight is 275 g/mol. The van der Waals surface area contributed by atoms with Crippen LogP contribution < -0.4 is 16.0 Å².